The second kappa shape index (κ2) is 6.02. The molecule has 0 heterocycles. The van der Waals surface area contributed by atoms with Crippen LogP contribution in [0.1, 0.15) is 27.2 Å². The first-order chi connectivity index (χ1) is 5.91. The Balaban J connectivity index is 4.16. The summed E-state index contributed by atoms with van der Waals surface area (Å²) in [5.74, 6) is 1.14. The molecule has 0 aliphatic carbocycles. The Bertz CT molecular complexity index is 218. The fraction of sp³-hybridized carbons (Fsp3) is 1.00. The van der Waals surface area contributed by atoms with Crippen LogP contribution in [0.3, 0.4) is 0 Å². The molecular formula is C9H19BrO2S. The molecule has 0 amide bonds. The van der Waals surface area contributed by atoms with Crippen molar-refractivity contribution in [3.8, 4) is 0 Å². The maximum Gasteiger partial charge on any atom is 0.150 e. The van der Waals surface area contributed by atoms with Crippen LogP contribution in [-0.2, 0) is 9.84 Å². The quantitative estimate of drug-likeness (QED) is 0.695. The minimum Gasteiger partial charge on any atom is -0.229 e. The molecule has 0 aliphatic heterocycles. The van der Waals surface area contributed by atoms with Crippen molar-refractivity contribution < 1.29 is 8.42 Å². The van der Waals surface area contributed by atoms with E-state index in [2.05, 4.69) is 15.9 Å². The maximum absolute atomic E-state index is 11.5. The first kappa shape index (κ1) is 13.4. The molecule has 13 heavy (non-hydrogen) atoms. The molecule has 0 aromatic heterocycles. The minimum atomic E-state index is -2.83. The number of rotatable bonds is 6. The van der Waals surface area contributed by atoms with Crippen molar-refractivity contribution in [2.45, 2.75) is 27.2 Å². The standard InChI is InChI=1S/C9H19BrO2S/c1-4-9(5-10)7-13(11,12)6-8(2)3/h8-9H,4-7H2,1-3H3. The fourth-order valence-electron chi connectivity index (χ4n) is 1.21. The molecule has 0 aromatic carbocycles. The van der Waals surface area contributed by atoms with Crippen LogP contribution in [-0.4, -0.2) is 25.3 Å². The van der Waals surface area contributed by atoms with Crippen molar-refractivity contribution in [2.75, 3.05) is 16.8 Å². The number of halogens is 1. The lowest BCUT2D eigenvalue weighted by Gasteiger charge is -2.12. The van der Waals surface area contributed by atoms with Gasteiger partial charge in [0.1, 0.15) is 0 Å². The Kier molecular flexibility index (Phi) is 6.21. The molecule has 0 rings (SSSR count). The van der Waals surface area contributed by atoms with E-state index in [9.17, 15) is 8.42 Å². The van der Waals surface area contributed by atoms with Gasteiger partial charge in [-0.05, 0) is 11.8 Å². The lowest BCUT2D eigenvalue weighted by Crippen LogP contribution is -2.21. The molecule has 0 N–H and O–H groups in total. The third-order valence-electron chi connectivity index (χ3n) is 1.87. The minimum absolute atomic E-state index is 0.234. The summed E-state index contributed by atoms with van der Waals surface area (Å²) in [4.78, 5) is 0. The summed E-state index contributed by atoms with van der Waals surface area (Å²) in [7, 11) is -2.83. The van der Waals surface area contributed by atoms with Gasteiger partial charge in [-0.15, -0.1) is 0 Å². The summed E-state index contributed by atoms with van der Waals surface area (Å²) in [6, 6.07) is 0. The summed E-state index contributed by atoms with van der Waals surface area (Å²) in [5.41, 5.74) is 0. The summed E-state index contributed by atoms with van der Waals surface area (Å²) < 4.78 is 23.1. The Hall–Kier alpha value is 0.430. The highest BCUT2D eigenvalue weighted by Crippen LogP contribution is 2.12. The molecule has 0 bridgehead atoms. The smallest absolute Gasteiger partial charge is 0.150 e. The third-order valence-corrected chi connectivity index (χ3v) is 4.94. The van der Waals surface area contributed by atoms with Gasteiger partial charge in [0.2, 0.25) is 0 Å². The van der Waals surface area contributed by atoms with Gasteiger partial charge in [-0.2, -0.15) is 0 Å². The van der Waals surface area contributed by atoms with E-state index in [4.69, 9.17) is 0 Å². The zero-order valence-corrected chi connectivity index (χ0v) is 11.0. The van der Waals surface area contributed by atoms with Crippen LogP contribution in [0.2, 0.25) is 0 Å². The SMILES string of the molecule is CCC(CBr)CS(=O)(=O)CC(C)C. The van der Waals surface area contributed by atoms with Crippen molar-refractivity contribution in [3.05, 3.63) is 0 Å². The van der Waals surface area contributed by atoms with Crippen molar-refractivity contribution in [3.63, 3.8) is 0 Å². The van der Waals surface area contributed by atoms with Gasteiger partial charge in [0.05, 0.1) is 11.5 Å². The van der Waals surface area contributed by atoms with Crippen molar-refractivity contribution >= 4 is 25.8 Å². The van der Waals surface area contributed by atoms with Gasteiger partial charge in [0, 0.05) is 5.33 Å². The van der Waals surface area contributed by atoms with Crippen LogP contribution in [0.4, 0.5) is 0 Å². The van der Waals surface area contributed by atoms with Crippen LogP contribution >= 0.6 is 15.9 Å². The Labute approximate surface area is 90.2 Å². The second-order valence-corrected chi connectivity index (χ2v) is 6.70. The van der Waals surface area contributed by atoms with E-state index in [0.29, 0.717) is 11.5 Å². The molecule has 0 spiro atoms. The topological polar surface area (TPSA) is 34.1 Å². The molecule has 1 atom stereocenters. The molecule has 0 fully saturated rings. The van der Waals surface area contributed by atoms with Gasteiger partial charge in [-0.3, -0.25) is 0 Å². The summed E-state index contributed by atoms with van der Waals surface area (Å²) in [6.45, 7) is 5.90. The predicted octanol–water partition coefficient (Wildman–Crippen LogP) is 2.48. The lowest BCUT2D eigenvalue weighted by atomic mass is 10.2. The first-order valence-electron chi connectivity index (χ1n) is 4.67. The molecule has 2 nitrogen and oxygen atoms in total. The van der Waals surface area contributed by atoms with Crippen molar-refractivity contribution in [2.24, 2.45) is 11.8 Å². The lowest BCUT2D eigenvalue weighted by molar-refractivity contribution is 0.558. The van der Waals surface area contributed by atoms with E-state index >= 15 is 0 Å². The number of sulfone groups is 1. The predicted molar refractivity (Wildman–Crippen MR) is 61.1 cm³/mol. The van der Waals surface area contributed by atoms with Gasteiger partial charge >= 0.3 is 0 Å². The van der Waals surface area contributed by atoms with E-state index in [1.807, 2.05) is 20.8 Å². The molecule has 0 radical (unpaired) electrons. The van der Waals surface area contributed by atoms with E-state index in [0.717, 1.165) is 11.8 Å². The Morgan fingerprint density at radius 3 is 2.08 bits per heavy atom. The maximum atomic E-state index is 11.5. The fourth-order valence-corrected chi connectivity index (χ4v) is 4.42. The summed E-state index contributed by atoms with van der Waals surface area (Å²) in [6.07, 6.45) is 0.919. The molecule has 0 aromatic rings. The number of alkyl halides is 1. The Morgan fingerprint density at radius 2 is 1.77 bits per heavy atom. The monoisotopic (exact) mass is 270 g/mol. The van der Waals surface area contributed by atoms with Gasteiger partial charge < -0.3 is 0 Å². The van der Waals surface area contributed by atoms with Gasteiger partial charge in [-0.1, -0.05) is 43.1 Å². The van der Waals surface area contributed by atoms with Crippen LogP contribution in [0.25, 0.3) is 0 Å². The molecular weight excluding hydrogens is 252 g/mol. The normalized spacial score (nSPS) is 14.8. The van der Waals surface area contributed by atoms with E-state index < -0.39 is 9.84 Å². The van der Waals surface area contributed by atoms with Crippen LogP contribution in [0.5, 0.6) is 0 Å². The van der Waals surface area contributed by atoms with Crippen LogP contribution in [0.15, 0.2) is 0 Å². The summed E-state index contributed by atoms with van der Waals surface area (Å²) in [5, 5.41) is 0.779. The second-order valence-electron chi connectivity index (χ2n) is 3.90. The molecule has 0 saturated carbocycles. The number of hydrogen-bond acceptors (Lipinski definition) is 2. The molecule has 0 aliphatic rings. The van der Waals surface area contributed by atoms with Crippen LogP contribution < -0.4 is 0 Å². The van der Waals surface area contributed by atoms with Gasteiger partial charge in [-0.25, -0.2) is 8.42 Å². The Morgan fingerprint density at radius 1 is 1.23 bits per heavy atom. The van der Waals surface area contributed by atoms with E-state index in [1.54, 1.807) is 0 Å². The highest BCUT2D eigenvalue weighted by atomic mass is 79.9. The van der Waals surface area contributed by atoms with E-state index in [1.165, 1.54) is 0 Å². The average Bonchev–Trinajstić information content (AvgIpc) is 1.97. The van der Waals surface area contributed by atoms with Gasteiger partial charge in [0.15, 0.2) is 9.84 Å². The first-order valence-corrected chi connectivity index (χ1v) is 7.62. The van der Waals surface area contributed by atoms with Crippen LogP contribution in [0, 0.1) is 11.8 Å². The average molecular weight is 271 g/mol. The molecule has 0 saturated heterocycles. The highest BCUT2D eigenvalue weighted by molar-refractivity contribution is 9.09. The van der Waals surface area contributed by atoms with Gasteiger partial charge in [0.25, 0.3) is 0 Å². The van der Waals surface area contributed by atoms with Crippen molar-refractivity contribution in [1.29, 1.82) is 0 Å². The molecule has 4 heteroatoms. The zero-order valence-electron chi connectivity index (χ0n) is 8.59. The molecule has 80 valence electrons. The zero-order chi connectivity index (χ0) is 10.5. The third kappa shape index (κ3) is 6.49. The highest BCUT2D eigenvalue weighted by Gasteiger charge is 2.18. The largest absolute Gasteiger partial charge is 0.229 e. The van der Waals surface area contributed by atoms with E-state index in [-0.39, 0.29) is 11.8 Å². The summed E-state index contributed by atoms with van der Waals surface area (Å²) >= 11 is 3.33. The van der Waals surface area contributed by atoms with Crippen molar-refractivity contribution in [1.82, 2.24) is 0 Å². The number of hydrogen-bond donors (Lipinski definition) is 0. The molecule has 1 unspecified atom stereocenters.